The van der Waals surface area contributed by atoms with Crippen LogP contribution in [-0.4, -0.2) is 61.4 Å². The summed E-state index contributed by atoms with van der Waals surface area (Å²) in [6, 6.07) is 9.70. The van der Waals surface area contributed by atoms with Crippen molar-refractivity contribution in [3.63, 3.8) is 0 Å². The first kappa shape index (κ1) is 34.3. The molecule has 3 rings (SSSR count). The molecular weight excluding hydrogens is 676 g/mol. The molecule has 232 valence electrons. The molecule has 3 aromatic carbocycles. The molecule has 0 amide bonds. The molecule has 0 saturated heterocycles. The number of non-ortho nitro benzene ring substituents is 2. The van der Waals surface area contributed by atoms with Gasteiger partial charge in [0, 0.05) is 30.5 Å². The highest BCUT2D eigenvalue weighted by Gasteiger charge is 2.39. The molecule has 1 N–H and O–H groups in total. The summed E-state index contributed by atoms with van der Waals surface area (Å²) in [4.78, 5) is 45.1. The quantitative estimate of drug-likeness (QED) is 0.0582. The van der Waals surface area contributed by atoms with E-state index in [0.29, 0.717) is 0 Å². The molecule has 0 radical (unpaired) electrons. The van der Waals surface area contributed by atoms with E-state index in [2.05, 4.69) is 0 Å². The van der Waals surface area contributed by atoms with E-state index in [0.717, 1.165) is 60.7 Å². The van der Waals surface area contributed by atoms with E-state index >= 15 is 4.39 Å². The average Bonchev–Trinajstić information content (AvgIpc) is 2.99. The lowest BCUT2D eigenvalue weighted by molar-refractivity contribution is -0.385. The van der Waals surface area contributed by atoms with Crippen molar-refractivity contribution in [1.82, 2.24) is 0 Å². The maximum Gasteiger partial charge on any atom is 0.338 e. The maximum atomic E-state index is 15.1. The number of carbonyl (C=O) groups is 2. The van der Waals surface area contributed by atoms with Gasteiger partial charge in [0.25, 0.3) is 21.5 Å². The van der Waals surface area contributed by atoms with Crippen LogP contribution in [0.15, 0.2) is 65.6 Å². The van der Waals surface area contributed by atoms with Gasteiger partial charge in [0.2, 0.25) is 0 Å². The second-order valence-corrected chi connectivity index (χ2v) is 11.2. The predicted octanol–water partition coefficient (Wildman–Crippen LogP) is 5.61. The Hall–Kier alpha value is -4.22. The van der Waals surface area contributed by atoms with Gasteiger partial charge in [-0.15, -0.1) is 0 Å². The number of alkyl halides is 1. The third-order valence-corrected chi connectivity index (χ3v) is 8.11. The van der Waals surface area contributed by atoms with Crippen molar-refractivity contribution in [2.75, 3.05) is 6.61 Å². The van der Waals surface area contributed by atoms with Crippen LogP contribution in [0.2, 0.25) is 15.1 Å². The van der Waals surface area contributed by atoms with Gasteiger partial charge in [-0.25, -0.2) is 14.0 Å². The molecule has 0 aromatic heterocycles. The molecule has 0 spiro atoms. The fourth-order valence-electron chi connectivity index (χ4n) is 3.40. The van der Waals surface area contributed by atoms with E-state index < -0.39 is 66.8 Å². The van der Waals surface area contributed by atoms with E-state index in [4.69, 9.17) is 53.9 Å². The van der Waals surface area contributed by atoms with Gasteiger partial charge < -0.3 is 14.9 Å². The second-order valence-electron chi connectivity index (χ2n) is 8.47. The first-order chi connectivity index (χ1) is 20.6. The van der Waals surface area contributed by atoms with Crippen molar-refractivity contribution in [2.24, 2.45) is 0 Å². The SMILES string of the molecule is N=C[C@@H](F)C(OC(=O)c1ccc([N+](=O)[O-])cc1)[C@@H](COC(=O)c1ccc([N+](=O)[O-])cc1)OS(=O)(=O)c1cc(Cl)c(Cl)cc1Cl. The summed E-state index contributed by atoms with van der Waals surface area (Å²) in [6.07, 6.45) is -6.83. The number of hydrogen-bond donors (Lipinski definition) is 1. The molecule has 0 saturated carbocycles. The molecule has 3 aromatic rings. The van der Waals surface area contributed by atoms with Gasteiger partial charge in [0.15, 0.2) is 18.4 Å². The Morgan fingerprint density at radius 1 is 0.864 bits per heavy atom. The number of benzene rings is 3. The number of nitrogens with zero attached hydrogens (tertiary/aromatic N) is 2. The zero-order chi connectivity index (χ0) is 32.8. The molecule has 44 heavy (non-hydrogen) atoms. The Morgan fingerprint density at radius 2 is 1.34 bits per heavy atom. The van der Waals surface area contributed by atoms with Gasteiger partial charge in [-0.3, -0.25) is 24.4 Å². The minimum absolute atomic E-state index is 0.119. The number of esters is 2. The van der Waals surface area contributed by atoms with Crippen molar-refractivity contribution < 1.29 is 45.9 Å². The topological polar surface area (TPSA) is 206 Å². The van der Waals surface area contributed by atoms with Gasteiger partial charge in [-0.05, 0) is 36.4 Å². The first-order valence-corrected chi connectivity index (χ1v) is 14.3. The predicted molar refractivity (Wildman–Crippen MR) is 153 cm³/mol. The molecule has 0 aliphatic carbocycles. The van der Waals surface area contributed by atoms with Crippen molar-refractivity contribution in [1.29, 1.82) is 5.41 Å². The van der Waals surface area contributed by atoms with E-state index in [-0.39, 0.29) is 38.8 Å². The third-order valence-electron chi connectivity index (χ3n) is 5.58. The number of rotatable bonds is 13. The number of nitro benzene ring substituents is 2. The lowest BCUT2D eigenvalue weighted by Gasteiger charge is -2.27. The highest BCUT2D eigenvalue weighted by Crippen LogP contribution is 2.33. The highest BCUT2D eigenvalue weighted by atomic mass is 35.5. The van der Waals surface area contributed by atoms with Crippen LogP contribution in [0.1, 0.15) is 20.7 Å². The van der Waals surface area contributed by atoms with Gasteiger partial charge in [0.05, 0.1) is 36.0 Å². The average molecular weight is 693 g/mol. The minimum Gasteiger partial charge on any atom is -0.459 e. The first-order valence-electron chi connectivity index (χ1n) is 11.7. The van der Waals surface area contributed by atoms with Crippen molar-refractivity contribution in [2.45, 2.75) is 23.3 Å². The van der Waals surface area contributed by atoms with E-state index in [1.807, 2.05) is 0 Å². The summed E-state index contributed by atoms with van der Waals surface area (Å²) in [7, 11) is -5.01. The monoisotopic (exact) mass is 691 g/mol. The van der Waals surface area contributed by atoms with Gasteiger partial charge in [-0.1, -0.05) is 34.8 Å². The summed E-state index contributed by atoms with van der Waals surface area (Å²) in [6.45, 7) is -1.11. The molecule has 0 fully saturated rings. The summed E-state index contributed by atoms with van der Waals surface area (Å²) in [5, 5.41) is 28.3. The zero-order valence-corrected chi connectivity index (χ0v) is 24.7. The number of ether oxygens (including phenoxy) is 2. The van der Waals surface area contributed by atoms with Crippen LogP contribution in [0.25, 0.3) is 0 Å². The maximum absolute atomic E-state index is 15.1. The van der Waals surface area contributed by atoms with Gasteiger partial charge in [-0.2, -0.15) is 8.42 Å². The fourth-order valence-corrected chi connectivity index (χ4v) is 5.45. The molecule has 0 aliphatic rings. The smallest absolute Gasteiger partial charge is 0.338 e. The standard InChI is InChI=1S/C25H17Cl3FN3O11S/c26-17-9-19(28)22(10-18(17)27)44(39,40)43-21(12-41-24(33)13-1-5-15(6-2-13)31(35)36)23(20(29)11-30)42-25(34)14-3-7-16(8-4-14)32(37)38/h1-11,20-21,23,30H,12H2/t20-,21-,23?/m1/s1. The molecule has 1 unspecified atom stereocenters. The fraction of sp³-hybridized carbons (Fsp3) is 0.160. The van der Waals surface area contributed by atoms with Crippen molar-refractivity contribution in [3.8, 4) is 0 Å². The number of halogens is 4. The molecule has 14 nitrogen and oxygen atoms in total. The summed E-state index contributed by atoms with van der Waals surface area (Å²) in [5.41, 5.74) is -1.29. The molecule has 0 aliphatic heterocycles. The molecule has 19 heteroatoms. The Bertz CT molecular complexity index is 1710. The summed E-state index contributed by atoms with van der Waals surface area (Å²) < 4.78 is 56.8. The summed E-state index contributed by atoms with van der Waals surface area (Å²) in [5.74, 6) is -2.47. The lowest BCUT2D eigenvalue weighted by atomic mass is 10.1. The molecule has 0 heterocycles. The van der Waals surface area contributed by atoms with Crippen LogP contribution in [0.5, 0.6) is 0 Å². The Labute approximate surface area is 262 Å². The third kappa shape index (κ3) is 8.45. The molecular formula is C25H17Cl3FN3O11S. The Balaban J connectivity index is 1.98. The molecule has 0 bridgehead atoms. The second kappa shape index (κ2) is 14.5. The zero-order valence-electron chi connectivity index (χ0n) is 21.6. The number of hydrogen-bond acceptors (Lipinski definition) is 12. The Kier molecular flexibility index (Phi) is 11.3. The highest BCUT2D eigenvalue weighted by molar-refractivity contribution is 7.87. The summed E-state index contributed by atoms with van der Waals surface area (Å²) >= 11 is 17.8. The van der Waals surface area contributed by atoms with Gasteiger partial charge in [0.1, 0.15) is 11.5 Å². The van der Waals surface area contributed by atoms with Crippen molar-refractivity contribution >= 4 is 74.4 Å². The minimum atomic E-state index is -5.01. The van der Waals surface area contributed by atoms with Crippen LogP contribution in [0, 0.1) is 25.6 Å². The number of nitrogens with one attached hydrogen (secondary N) is 1. The van der Waals surface area contributed by atoms with Crippen LogP contribution < -0.4 is 0 Å². The normalized spacial score (nSPS) is 13.3. The Morgan fingerprint density at radius 3 is 1.82 bits per heavy atom. The number of nitro groups is 2. The van der Waals surface area contributed by atoms with Gasteiger partial charge >= 0.3 is 11.9 Å². The van der Waals surface area contributed by atoms with E-state index in [1.54, 1.807) is 0 Å². The van der Waals surface area contributed by atoms with Crippen LogP contribution in [-0.2, 0) is 23.8 Å². The lowest BCUT2D eigenvalue weighted by Crippen LogP contribution is -2.45. The van der Waals surface area contributed by atoms with E-state index in [9.17, 15) is 38.2 Å². The van der Waals surface area contributed by atoms with Crippen LogP contribution >= 0.6 is 34.8 Å². The van der Waals surface area contributed by atoms with Crippen LogP contribution in [0.4, 0.5) is 15.8 Å². The molecule has 3 atom stereocenters. The largest absolute Gasteiger partial charge is 0.459 e. The van der Waals surface area contributed by atoms with E-state index in [1.165, 1.54) is 0 Å². The van der Waals surface area contributed by atoms with Crippen LogP contribution in [0.3, 0.4) is 0 Å². The number of carbonyl (C=O) groups excluding carboxylic acids is 2. The van der Waals surface area contributed by atoms with Crippen molar-refractivity contribution in [3.05, 3.63) is 107 Å².